The van der Waals surface area contributed by atoms with E-state index < -0.39 is 6.10 Å². The number of aliphatic hydroxyl groups is 1. The van der Waals surface area contributed by atoms with Crippen molar-refractivity contribution in [1.82, 2.24) is 9.78 Å². The summed E-state index contributed by atoms with van der Waals surface area (Å²) in [7, 11) is 1.78. The minimum absolute atomic E-state index is 0.145. The minimum Gasteiger partial charge on any atom is -0.386 e. The highest BCUT2D eigenvalue weighted by Crippen LogP contribution is 2.30. The molecule has 1 heterocycles. The Bertz CT molecular complexity index is 313. The van der Waals surface area contributed by atoms with E-state index in [9.17, 15) is 5.11 Å². The molecule has 1 rings (SSSR count). The van der Waals surface area contributed by atoms with E-state index in [0.29, 0.717) is 16.5 Å². The van der Waals surface area contributed by atoms with E-state index in [2.05, 4.69) is 25.9 Å². The van der Waals surface area contributed by atoms with E-state index in [4.69, 9.17) is 11.6 Å². The van der Waals surface area contributed by atoms with Crippen LogP contribution in [0.2, 0.25) is 5.02 Å². The van der Waals surface area contributed by atoms with Crippen LogP contribution in [-0.2, 0) is 7.05 Å². The maximum Gasteiger partial charge on any atom is 0.106 e. The van der Waals surface area contributed by atoms with Crippen molar-refractivity contribution in [1.29, 1.82) is 0 Å². The van der Waals surface area contributed by atoms with Gasteiger partial charge in [0.1, 0.15) is 6.10 Å². The molecule has 0 fully saturated rings. The molecular weight excluding hydrogens is 232 g/mol. The van der Waals surface area contributed by atoms with Gasteiger partial charge < -0.3 is 5.11 Å². The second-order valence-electron chi connectivity index (χ2n) is 4.44. The third kappa shape index (κ3) is 3.70. The summed E-state index contributed by atoms with van der Waals surface area (Å²) >= 11 is 7.64. The van der Waals surface area contributed by atoms with Crippen molar-refractivity contribution >= 4 is 23.4 Å². The van der Waals surface area contributed by atoms with Crippen molar-refractivity contribution in [3.05, 3.63) is 16.9 Å². The van der Waals surface area contributed by atoms with Crippen molar-refractivity contribution in [3.63, 3.8) is 0 Å². The van der Waals surface area contributed by atoms with Gasteiger partial charge in [0.05, 0.1) is 16.9 Å². The average Bonchev–Trinajstić information content (AvgIpc) is 2.41. The van der Waals surface area contributed by atoms with Gasteiger partial charge in [-0.3, -0.25) is 4.68 Å². The molecule has 0 aliphatic carbocycles. The van der Waals surface area contributed by atoms with Crippen molar-refractivity contribution < 1.29 is 5.11 Å². The van der Waals surface area contributed by atoms with Crippen LogP contribution in [0.1, 0.15) is 32.6 Å². The normalized spacial score (nSPS) is 14.3. The van der Waals surface area contributed by atoms with Crippen LogP contribution in [0.5, 0.6) is 0 Å². The SMILES string of the molecule is Cn1ncc(Cl)c1C(O)CSC(C)(C)C. The molecule has 0 aromatic carbocycles. The monoisotopic (exact) mass is 248 g/mol. The number of nitrogens with zero attached hydrogens (tertiary/aromatic N) is 2. The molecule has 1 unspecified atom stereocenters. The average molecular weight is 249 g/mol. The molecule has 15 heavy (non-hydrogen) atoms. The summed E-state index contributed by atoms with van der Waals surface area (Å²) in [6.07, 6.45) is 0.997. The van der Waals surface area contributed by atoms with Crippen LogP contribution < -0.4 is 0 Å². The highest BCUT2D eigenvalue weighted by atomic mass is 35.5. The zero-order valence-electron chi connectivity index (χ0n) is 9.49. The Morgan fingerprint density at radius 2 is 2.20 bits per heavy atom. The molecule has 1 aromatic heterocycles. The number of aromatic nitrogens is 2. The van der Waals surface area contributed by atoms with E-state index in [0.717, 1.165) is 0 Å². The number of thioether (sulfide) groups is 1. The van der Waals surface area contributed by atoms with Crippen LogP contribution in [0.4, 0.5) is 0 Å². The summed E-state index contributed by atoms with van der Waals surface area (Å²) in [6, 6.07) is 0. The number of hydrogen-bond donors (Lipinski definition) is 1. The number of aliphatic hydroxyl groups excluding tert-OH is 1. The summed E-state index contributed by atoms with van der Waals surface area (Å²) in [5, 5.41) is 14.5. The lowest BCUT2D eigenvalue weighted by Crippen LogP contribution is -2.14. The van der Waals surface area contributed by atoms with Crippen LogP contribution >= 0.6 is 23.4 Å². The fourth-order valence-electron chi connectivity index (χ4n) is 1.20. The van der Waals surface area contributed by atoms with E-state index in [-0.39, 0.29) is 4.75 Å². The van der Waals surface area contributed by atoms with E-state index in [1.807, 2.05) is 0 Å². The molecule has 5 heteroatoms. The maximum atomic E-state index is 9.97. The van der Waals surface area contributed by atoms with Gasteiger partial charge in [-0.25, -0.2) is 0 Å². The number of rotatable bonds is 3. The first-order valence-corrected chi connectivity index (χ1v) is 6.17. The molecule has 0 aliphatic heterocycles. The van der Waals surface area contributed by atoms with Gasteiger partial charge in [0.15, 0.2) is 0 Å². The van der Waals surface area contributed by atoms with Crippen LogP contribution in [0.15, 0.2) is 6.20 Å². The van der Waals surface area contributed by atoms with Gasteiger partial charge >= 0.3 is 0 Å². The zero-order chi connectivity index (χ0) is 11.6. The van der Waals surface area contributed by atoms with Gasteiger partial charge in [0.2, 0.25) is 0 Å². The first kappa shape index (κ1) is 12.9. The second-order valence-corrected chi connectivity index (χ2v) is 6.69. The zero-order valence-corrected chi connectivity index (χ0v) is 11.1. The molecule has 1 aromatic rings. The van der Waals surface area contributed by atoms with E-state index in [1.165, 1.54) is 0 Å². The Morgan fingerprint density at radius 3 is 2.60 bits per heavy atom. The Labute approximate surface area is 99.8 Å². The first-order valence-electron chi connectivity index (χ1n) is 4.80. The van der Waals surface area contributed by atoms with Crippen LogP contribution in [0.25, 0.3) is 0 Å². The van der Waals surface area contributed by atoms with Crippen molar-refractivity contribution in [2.45, 2.75) is 31.6 Å². The summed E-state index contributed by atoms with van der Waals surface area (Å²) < 4.78 is 1.77. The fraction of sp³-hybridized carbons (Fsp3) is 0.700. The van der Waals surface area contributed by atoms with Crippen molar-refractivity contribution in [3.8, 4) is 0 Å². The fourth-order valence-corrected chi connectivity index (χ4v) is 2.31. The molecule has 0 amide bonds. The molecule has 0 bridgehead atoms. The second kappa shape index (κ2) is 4.76. The number of halogens is 1. The smallest absolute Gasteiger partial charge is 0.106 e. The molecule has 3 nitrogen and oxygen atoms in total. The van der Waals surface area contributed by atoms with E-state index in [1.54, 1.807) is 29.7 Å². The van der Waals surface area contributed by atoms with E-state index >= 15 is 0 Å². The maximum absolute atomic E-state index is 9.97. The topological polar surface area (TPSA) is 38.0 Å². The first-order chi connectivity index (χ1) is 6.81. The van der Waals surface area contributed by atoms with Gasteiger partial charge in [-0.2, -0.15) is 16.9 Å². The molecule has 0 saturated carbocycles. The lowest BCUT2D eigenvalue weighted by atomic mass is 10.3. The van der Waals surface area contributed by atoms with Gasteiger partial charge in [-0.05, 0) is 0 Å². The van der Waals surface area contributed by atoms with Crippen LogP contribution in [0.3, 0.4) is 0 Å². The predicted molar refractivity (Wildman–Crippen MR) is 65.4 cm³/mol. The van der Waals surface area contributed by atoms with Crippen molar-refractivity contribution in [2.75, 3.05) is 5.75 Å². The number of hydrogen-bond acceptors (Lipinski definition) is 3. The molecule has 0 saturated heterocycles. The highest BCUT2D eigenvalue weighted by Gasteiger charge is 2.19. The van der Waals surface area contributed by atoms with Gasteiger partial charge in [-0.15, -0.1) is 0 Å². The number of aryl methyl sites for hydroxylation is 1. The largest absolute Gasteiger partial charge is 0.386 e. The molecule has 0 radical (unpaired) electrons. The van der Waals surface area contributed by atoms with Gasteiger partial charge in [0, 0.05) is 17.5 Å². The highest BCUT2D eigenvalue weighted by molar-refractivity contribution is 8.00. The van der Waals surface area contributed by atoms with Crippen molar-refractivity contribution in [2.24, 2.45) is 7.05 Å². The Hall–Kier alpha value is -0.190. The molecular formula is C10H17ClN2OS. The lowest BCUT2D eigenvalue weighted by molar-refractivity contribution is 0.193. The predicted octanol–water partition coefficient (Wildman–Crippen LogP) is 2.64. The third-order valence-corrected chi connectivity index (χ3v) is 3.57. The Kier molecular flexibility index (Phi) is 4.09. The van der Waals surface area contributed by atoms with Gasteiger partial charge in [-0.1, -0.05) is 32.4 Å². The summed E-state index contributed by atoms with van der Waals surface area (Å²) in [5.41, 5.74) is 0.688. The molecule has 0 aliphatic rings. The quantitative estimate of drug-likeness (QED) is 0.894. The Morgan fingerprint density at radius 1 is 1.60 bits per heavy atom. The molecule has 0 spiro atoms. The molecule has 86 valence electrons. The molecule has 1 atom stereocenters. The summed E-state index contributed by atoms with van der Waals surface area (Å²) in [4.78, 5) is 0. The molecule has 1 N–H and O–H groups in total. The van der Waals surface area contributed by atoms with Crippen LogP contribution in [-0.4, -0.2) is 25.4 Å². The minimum atomic E-state index is -0.561. The summed E-state index contributed by atoms with van der Waals surface area (Å²) in [6.45, 7) is 6.36. The lowest BCUT2D eigenvalue weighted by Gasteiger charge is -2.20. The van der Waals surface area contributed by atoms with Gasteiger partial charge in [0.25, 0.3) is 0 Å². The standard InChI is InChI=1S/C10H17ClN2OS/c1-10(2,3)15-6-8(14)9-7(11)5-12-13(9)4/h5,8,14H,6H2,1-4H3. The summed E-state index contributed by atoms with van der Waals surface area (Å²) in [5.74, 6) is 0.628. The van der Waals surface area contributed by atoms with Crippen LogP contribution in [0, 0.1) is 0 Å². The third-order valence-electron chi connectivity index (χ3n) is 1.93. The Balaban J connectivity index is 2.65.